The van der Waals surface area contributed by atoms with E-state index in [1.165, 1.54) is 0 Å². The van der Waals surface area contributed by atoms with Crippen LogP contribution in [0.1, 0.15) is 13.3 Å². The van der Waals surface area contributed by atoms with Crippen LogP contribution in [0, 0.1) is 0 Å². The molecule has 0 spiro atoms. The van der Waals surface area contributed by atoms with E-state index in [1.807, 2.05) is 18.2 Å². The predicted octanol–water partition coefficient (Wildman–Crippen LogP) is 2.36. The van der Waals surface area contributed by atoms with E-state index in [4.69, 9.17) is 0 Å². The summed E-state index contributed by atoms with van der Waals surface area (Å²) in [4.78, 5) is 12.6. The maximum Gasteiger partial charge on any atom is 0.223 e. The summed E-state index contributed by atoms with van der Waals surface area (Å²) in [7, 11) is 0. The van der Waals surface area contributed by atoms with Gasteiger partial charge < -0.3 is 5.32 Å². The van der Waals surface area contributed by atoms with E-state index in [-0.39, 0.29) is 0 Å². The molecule has 0 radical (unpaired) electrons. The Hall–Kier alpha value is -1.97. The first-order valence-electron chi connectivity index (χ1n) is 5.37. The molecule has 0 bridgehead atoms. The van der Waals surface area contributed by atoms with Gasteiger partial charge in [-0.25, -0.2) is 9.97 Å². The Labute approximate surface area is 94.8 Å². The quantitative estimate of drug-likeness (QED) is 0.848. The molecule has 4 nitrogen and oxygen atoms in total. The number of anilines is 1. The van der Waals surface area contributed by atoms with Crippen molar-refractivity contribution < 1.29 is 0 Å². The van der Waals surface area contributed by atoms with Crippen molar-refractivity contribution in [2.45, 2.75) is 13.3 Å². The van der Waals surface area contributed by atoms with Crippen LogP contribution in [-0.2, 0) is 0 Å². The molecule has 0 aliphatic carbocycles. The lowest BCUT2D eigenvalue weighted by Crippen LogP contribution is -2.04. The summed E-state index contributed by atoms with van der Waals surface area (Å²) < 4.78 is 0. The van der Waals surface area contributed by atoms with Gasteiger partial charge in [0.05, 0.1) is 5.69 Å². The maximum absolute atomic E-state index is 4.43. The fourth-order valence-corrected chi connectivity index (χ4v) is 1.36. The number of hydrogen-bond acceptors (Lipinski definition) is 4. The van der Waals surface area contributed by atoms with E-state index in [1.54, 1.807) is 18.6 Å². The molecule has 0 atom stereocenters. The fourth-order valence-electron chi connectivity index (χ4n) is 1.36. The molecule has 2 heterocycles. The molecule has 1 N–H and O–H groups in total. The van der Waals surface area contributed by atoms with Gasteiger partial charge in [0.2, 0.25) is 5.95 Å². The third-order valence-corrected chi connectivity index (χ3v) is 2.16. The van der Waals surface area contributed by atoms with Crippen LogP contribution in [0.2, 0.25) is 0 Å². The highest BCUT2D eigenvalue weighted by Crippen LogP contribution is 2.15. The van der Waals surface area contributed by atoms with Crippen molar-refractivity contribution >= 4 is 5.95 Å². The topological polar surface area (TPSA) is 50.7 Å². The molecule has 0 aliphatic heterocycles. The molecule has 0 saturated heterocycles. The molecule has 0 amide bonds. The lowest BCUT2D eigenvalue weighted by Gasteiger charge is -2.04. The minimum absolute atomic E-state index is 0.677. The van der Waals surface area contributed by atoms with Crippen LogP contribution in [0.25, 0.3) is 11.3 Å². The molecule has 4 heteroatoms. The van der Waals surface area contributed by atoms with Crippen LogP contribution >= 0.6 is 0 Å². The number of pyridine rings is 1. The van der Waals surface area contributed by atoms with E-state index in [0.29, 0.717) is 5.95 Å². The average Bonchev–Trinajstić information content (AvgIpc) is 2.38. The lowest BCUT2D eigenvalue weighted by atomic mass is 10.2. The number of nitrogens with one attached hydrogen (secondary N) is 1. The minimum Gasteiger partial charge on any atom is -0.354 e. The lowest BCUT2D eigenvalue weighted by molar-refractivity contribution is 0.953. The van der Waals surface area contributed by atoms with Gasteiger partial charge in [-0.05, 0) is 24.6 Å². The Bertz CT molecular complexity index is 442. The summed E-state index contributed by atoms with van der Waals surface area (Å²) >= 11 is 0. The molecule has 0 unspecified atom stereocenters. The Morgan fingerprint density at radius 1 is 1.12 bits per heavy atom. The maximum atomic E-state index is 4.43. The van der Waals surface area contributed by atoms with Crippen LogP contribution in [0.15, 0.2) is 36.8 Å². The van der Waals surface area contributed by atoms with Gasteiger partial charge in [-0.3, -0.25) is 4.98 Å². The summed E-state index contributed by atoms with van der Waals surface area (Å²) in [6.07, 6.45) is 6.34. The summed E-state index contributed by atoms with van der Waals surface area (Å²) in [6.45, 7) is 3.00. The zero-order valence-electron chi connectivity index (χ0n) is 9.22. The van der Waals surface area contributed by atoms with Crippen LogP contribution in [0.4, 0.5) is 5.95 Å². The van der Waals surface area contributed by atoms with E-state index >= 15 is 0 Å². The summed E-state index contributed by atoms with van der Waals surface area (Å²) in [5.41, 5.74) is 1.97. The van der Waals surface area contributed by atoms with Crippen molar-refractivity contribution in [2.75, 3.05) is 11.9 Å². The smallest absolute Gasteiger partial charge is 0.223 e. The monoisotopic (exact) mass is 214 g/mol. The summed E-state index contributed by atoms with van der Waals surface area (Å²) in [6, 6.07) is 5.77. The zero-order chi connectivity index (χ0) is 11.2. The zero-order valence-corrected chi connectivity index (χ0v) is 9.22. The Morgan fingerprint density at radius 2 is 1.94 bits per heavy atom. The highest BCUT2D eigenvalue weighted by molar-refractivity contribution is 5.58. The Balaban J connectivity index is 2.22. The first-order chi connectivity index (χ1) is 7.90. The molecule has 0 aromatic carbocycles. The van der Waals surface area contributed by atoms with Gasteiger partial charge in [0.1, 0.15) is 0 Å². The summed E-state index contributed by atoms with van der Waals surface area (Å²) in [5.74, 6) is 0.677. The molecule has 2 aromatic rings. The fraction of sp³-hybridized carbons (Fsp3) is 0.250. The number of rotatable bonds is 4. The largest absolute Gasteiger partial charge is 0.354 e. The highest BCUT2D eigenvalue weighted by atomic mass is 15.1. The van der Waals surface area contributed by atoms with E-state index in [9.17, 15) is 0 Å². The Morgan fingerprint density at radius 3 is 2.69 bits per heavy atom. The van der Waals surface area contributed by atoms with Gasteiger partial charge in [-0.1, -0.05) is 6.92 Å². The highest BCUT2D eigenvalue weighted by Gasteiger charge is 2.00. The SMILES string of the molecule is CCCNc1nccc(-c2ccncc2)n1. The van der Waals surface area contributed by atoms with Crippen molar-refractivity contribution in [3.8, 4) is 11.3 Å². The van der Waals surface area contributed by atoms with Crippen molar-refractivity contribution in [3.05, 3.63) is 36.8 Å². The van der Waals surface area contributed by atoms with Gasteiger partial charge in [-0.2, -0.15) is 0 Å². The number of hydrogen-bond donors (Lipinski definition) is 1. The molecule has 0 saturated carbocycles. The van der Waals surface area contributed by atoms with Gasteiger partial charge in [0, 0.05) is 30.7 Å². The first kappa shape index (κ1) is 10.5. The van der Waals surface area contributed by atoms with E-state index in [2.05, 4.69) is 27.2 Å². The molecule has 2 rings (SSSR count). The van der Waals surface area contributed by atoms with Crippen molar-refractivity contribution in [1.82, 2.24) is 15.0 Å². The summed E-state index contributed by atoms with van der Waals surface area (Å²) in [5, 5.41) is 3.17. The van der Waals surface area contributed by atoms with Crippen molar-refractivity contribution in [1.29, 1.82) is 0 Å². The molecular weight excluding hydrogens is 200 g/mol. The molecule has 0 fully saturated rings. The second kappa shape index (κ2) is 5.21. The third kappa shape index (κ3) is 2.53. The van der Waals surface area contributed by atoms with Crippen LogP contribution in [-0.4, -0.2) is 21.5 Å². The van der Waals surface area contributed by atoms with Gasteiger partial charge in [0.15, 0.2) is 0 Å². The molecule has 82 valence electrons. The molecule has 16 heavy (non-hydrogen) atoms. The van der Waals surface area contributed by atoms with Gasteiger partial charge in [-0.15, -0.1) is 0 Å². The van der Waals surface area contributed by atoms with Gasteiger partial charge >= 0.3 is 0 Å². The number of aromatic nitrogens is 3. The molecule has 0 aliphatic rings. The first-order valence-corrected chi connectivity index (χ1v) is 5.37. The van der Waals surface area contributed by atoms with Crippen LogP contribution in [0.3, 0.4) is 0 Å². The predicted molar refractivity (Wildman–Crippen MR) is 64.0 cm³/mol. The van der Waals surface area contributed by atoms with E-state index < -0.39 is 0 Å². The third-order valence-electron chi connectivity index (χ3n) is 2.16. The van der Waals surface area contributed by atoms with Crippen LogP contribution < -0.4 is 5.32 Å². The number of nitrogens with zero attached hydrogens (tertiary/aromatic N) is 3. The minimum atomic E-state index is 0.677. The molecular formula is C12H14N4. The normalized spacial score (nSPS) is 10.1. The van der Waals surface area contributed by atoms with Crippen molar-refractivity contribution in [2.24, 2.45) is 0 Å². The standard InChI is InChI=1S/C12H14N4/c1-2-6-14-12-15-9-5-11(16-12)10-3-7-13-8-4-10/h3-5,7-9H,2,6H2,1H3,(H,14,15,16). The second-order valence-electron chi connectivity index (χ2n) is 3.43. The average molecular weight is 214 g/mol. The van der Waals surface area contributed by atoms with E-state index in [0.717, 1.165) is 24.2 Å². The second-order valence-corrected chi connectivity index (χ2v) is 3.43. The van der Waals surface area contributed by atoms with Gasteiger partial charge in [0.25, 0.3) is 0 Å². The van der Waals surface area contributed by atoms with Crippen LogP contribution in [0.5, 0.6) is 0 Å². The van der Waals surface area contributed by atoms with Crippen molar-refractivity contribution in [3.63, 3.8) is 0 Å². The molecule has 2 aromatic heterocycles. The Kier molecular flexibility index (Phi) is 3.43.